The Hall–Kier alpha value is -3.62. The highest BCUT2D eigenvalue weighted by atomic mass is 32.1. The van der Waals surface area contributed by atoms with Crippen LogP contribution in [0.5, 0.6) is 11.5 Å². The number of halogens is 1. The molecule has 40 heavy (non-hydrogen) atoms. The van der Waals surface area contributed by atoms with E-state index in [4.69, 9.17) is 4.74 Å². The fourth-order valence-electron chi connectivity index (χ4n) is 5.11. The third-order valence-electron chi connectivity index (χ3n) is 7.07. The fraction of sp³-hybridized carbons (Fsp3) is 0.344. The first-order valence-corrected chi connectivity index (χ1v) is 14.4. The molecule has 3 aromatic rings. The van der Waals surface area contributed by atoms with E-state index in [0.717, 1.165) is 37.4 Å². The topological polar surface area (TPSA) is 72.7 Å². The van der Waals surface area contributed by atoms with Gasteiger partial charge in [0.2, 0.25) is 5.78 Å². The van der Waals surface area contributed by atoms with Crippen molar-refractivity contribution in [3.63, 3.8) is 0 Å². The third kappa shape index (κ3) is 7.11. The summed E-state index contributed by atoms with van der Waals surface area (Å²) < 4.78 is 20.6. The molecule has 4 rings (SSSR count). The van der Waals surface area contributed by atoms with Crippen LogP contribution in [0.4, 0.5) is 10.1 Å². The van der Waals surface area contributed by atoms with Crippen LogP contribution in [0.15, 0.2) is 77.7 Å². The number of nitro benzene ring substituents is 1. The molecule has 0 bridgehead atoms. The van der Waals surface area contributed by atoms with Gasteiger partial charge in [-0.3, -0.25) is 14.9 Å². The van der Waals surface area contributed by atoms with Crippen LogP contribution in [0.1, 0.15) is 61.7 Å². The van der Waals surface area contributed by atoms with Crippen molar-refractivity contribution in [2.24, 2.45) is 0 Å². The maximum absolute atomic E-state index is 13.8. The molecule has 1 aliphatic heterocycles. The van der Waals surface area contributed by atoms with Crippen LogP contribution in [0.25, 0.3) is 10.1 Å². The van der Waals surface area contributed by atoms with Gasteiger partial charge < -0.3 is 9.64 Å². The van der Waals surface area contributed by atoms with Gasteiger partial charge in [0.15, 0.2) is 5.75 Å². The Labute approximate surface area is 238 Å². The molecule has 0 N–H and O–H groups in total. The molecule has 0 unspecified atom stereocenters. The Bertz CT molecular complexity index is 1470. The van der Waals surface area contributed by atoms with Crippen LogP contribution in [0, 0.1) is 10.1 Å². The summed E-state index contributed by atoms with van der Waals surface area (Å²) in [6, 6.07) is 12.3. The van der Waals surface area contributed by atoms with E-state index in [-0.39, 0.29) is 21.9 Å². The van der Waals surface area contributed by atoms with Crippen molar-refractivity contribution in [2.75, 3.05) is 19.6 Å². The molecule has 1 aromatic heterocycles. The van der Waals surface area contributed by atoms with Crippen LogP contribution >= 0.6 is 11.3 Å². The number of benzene rings is 2. The zero-order valence-corrected chi connectivity index (χ0v) is 24.1. The highest BCUT2D eigenvalue weighted by Gasteiger charge is 2.26. The lowest BCUT2D eigenvalue weighted by molar-refractivity contribution is -0.384. The molecular weight excluding hydrogens is 527 g/mol. The second kappa shape index (κ2) is 13.2. The summed E-state index contributed by atoms with van der Waals surface area (Å²) in [5, 5.41) is 12.0. The van der Waals surface area contributed by atoms with E-state index in [1.54, 1.807) is 19.9 Å². The van der Waals surface area contributed by atoms with Crippen molar-refractivity contribution < 1.29 is 18.8 Å². The van der Waals surface area contributed by atoms with Gasteiger partial charge in [-0.15, -0.1) is 11.3 Å². The Morgan fingerprint density at radius 3 is 2.38 bits per heavy atom. The third-order valence-corrected chi connectivity index (χ3v) is 8.20. The van der Waals surface area contributed by atoms with E-state index in [1.807, 2.05) is 24.3 Å². The SMILES string of the molecule is C=C(C)/C(C(=O)c1sc2cc([N+](=O)[O-])ccc2c1Oc1ccc(CCN2CCCCCC2)cc1)=C(C)\C=C(/C)F. The van der Waals surface area contributed by atoms with Gasteiger partial charge in [0.25, 0.3) is 5.69 Å². The van der Waals surface area contributed by atoms with Crippen LogP contribution in [0.3, 0.4) is 0 Å². The lowest BCUT2D eigenvalue weighted by Crippen LogP contribution is -2.26. The quantitative estimate of drug-likeness (QED) is 0.0811. The molecule has 0 saturated carbocycles. The summed E-state index contributed by atoms with van der Waals surface area (Å²) in [5.41, 5.74) is 2.35. The van der Waals surface area contributed by atoms with E-state index in [0.29, 0.717) is 32.7 Å². The van der Waals surface area contributed by atoms with E-state index < -0.39 is 10.8 Å². The number of rotatable bonds is 10. The van der Waals surface area contributed by atoms with Gasteiger partial charge in [0.1, 0.15) is 10.6 Å². The average molecular weight is 563 g/mol. The first-order valence-electron chi connectivity index (χ1n) is 13.6. The number of hydrogen-bond donors (Lipinski definition) is 0. The maximum Gasteiger partial charge on any atom is 0.270 e. The standard InChI is InChI=1S/C32H35FN2O4S/c1-21(2)29(22(3)19-23(4)33)30(36)32-31(27-14-11-25(35(37)38)20-28(27)40-32)39-26-12-9-24(10-13-26)15-18-34-16-7-5-6-8-17-34/h9-14,19-20H,1,5-8,15-18H2,2-4H3/b23-19+,29-22+. The second-order valence-corrected chi connectivity index (χ2v) is 11.4. The largest absolute Gasteiger partial charge is 0.455 e. The Morgan fingerprint density at radius 2 is 1.77 bits per heavy atom. The van der Waals surface area contributed by atoms with Crippen molar-refractivity contribution in [3.05, 3.63) is 98.2 Å². The lowest BCUT2D eigenvalue weighted by atomic mass is 9.97. The molecule has 1 saturated heterocycles. The van der Waals surface area contributed by atoms with Gasteiger partial charge >= 0.3 is 0 Å². The first kappa shape index (κ1) is 29.4. The number of carbonyl (C=O) groups excluding carboxylic acids is 1. The molecule has 0 spiro atoms. The first-order chi connectivity index (χ1) is 19.1. The Kier molecular flexibility index (Phi) is 9.66. The second-order valence-electron chi connectivity index (χ2n) is 10.3. The molecule has 0 radical (unpaired) electrons. The zero-order chi connectivity index (χ0) is 28.8. The van der Waals surface area contributed by atoms with Gasteiger partial charge in [0, 0.05) is 34.3 Å². The highest BCUT2D eigenvalue weighted by molar-refractivity contribution is 7.21. The van der Waals surface area contributed by atoms with Gasteiger partial charge in [-0.25, -0.2) is 4.39 Å². The summed E-state index contributed by atoms with van der Waals surface area (Å²) >= 11 is 1.12. The van der Waals surface area contributed by atoms with Gasteiger partial charge in [-0.1, -0.05) is 31.6 Å². The molecule has 0 atom stereocenters. The minimum atomic E-state index is -0.469. The monoisotopic (exact) mass is 562 g/mol. The number of Topliss-reactive ketones (excluding diaryl/α,β-unsaturated/α-hetero) is 1. The summed E-state index contributed by atoms with van der Waals surface area (Å²) in [6.07, 6.45) is 7.39. The molecule has 1 fully saturated rings. The Balaban J connectivity index is 1.67. The van der Waals surface area contributed by atoms with E-state index in [1.165, 1.54) is 56.4 Å². The minimum Gasteiger partial charge on any atom is -0.455 e. The molecule has 0 amide bonds. The lowest BCUT2D eigenvalue weighted by Gasteiger charge is -2.19. The summed E-state index contributed by atoms with van der Waals surface area (Å²) in [4.78, 5) is 27.6. The highest BCUT2D eigenvalue weighted by Crippen LogP contribution is 2.43. The summed E-state index contributed by atoms with van der Waals surface area (Å²) in [5.74, 6) is 0.0891. The predicted octanol–water partition coefficient (Wildman–Crippen LogP) is 8.97. The maximum atomic E-state index is 13.8. The van der Waals surface area contributed by atoms with E-state index in [2.05, 4.69) is 11.5 Å². The van der Waals surface area contributed by atoms with E-state index >= 15 is 0 Å². The van der Waals surface area contributed by atoms with Crippen molar-refractivity contribution >= 4 is 32.9 Å². The molecule has 8 heteroatoms. The summed E-state index contributed by atoms with van der Waals surface area (Å²) in [7, 11) is 0. The van der Waals surface area contributed by atoms with Crippen molar-refractivity contribution in [3.8, 4) is 11.5 Å². The minimum absolute atomic E-state index is 0.0732. The number of non-ortho nitro benzene ring substituents is 1. The number of nitrogens with zero attached hydrogens (tertiary/aromatic N) is 2. The number of hydrogen-bond acceptors (Lipinski definition) is 6. The molecule has 210 valence electrons. The van der Waals surface area contributed by atoms with Gasteiger partial charge in [-0.05, 0) is 94.1 Å². The number of thiophene rings is 1. The summed E-state index contributed by atoms with van der Waals surface area (Å²) in [6.45, 7) is 11.9. The number of likely N-dealkylation sites (tertiary alicyclic amines) is 1. The molecule has 1 aliphatic rings. The van der Waals surface area contributed by atoms with Crippen LogP contribution in [-0.2, 0) is 6.42 Å². The molecular formula is C32H35FN2O4S. The van der Waals surface area contributed by atoms with Crippen LogP contribution in [-0.4, -0.2) is 35.2 Å². The number of ether oxygens (including phenoxy) is 1. The smallest absolute Gasteiger partial charge is 0.270 e. The predicted molar refractivity (Wildman–Crippen MR) is 160 cm³/mol. The fourth-order valence-corrected chi connectivity index (χ4v) is 6.22. The molecule has 2 aromatic carbocycles. The number of ketones is 1. The normalized spacial score (nSPS) is 15.4. The molecule has 6 nitrogen and oxygen atoms in total. The van der Waals surface area contributed by atoms with Crippen LogP contribution < -0.4 is 4.74 Å². The average Bonchev–Trinajstić information content (AvgIpc) is 3.06. The number of fused-ring (bicyclic) bond motifs is 1. The van der Waals surface area contributed by atoms with Crippen molar-refractivity contribution in [1.29, 1.82) is 0 Å². The molecule has 2 heterocycles. The number of allylic oxidation sites excluding steroid dienone is 5. The zero-order valence-electron chi connectivity index (χ0n) is 23.3. The van der Waals surface area contributed by atoms with Crippen LogP contribution in [0.2, 0.25) is 0 Å². The van der Waals surface area contributed by atoms with Gasteiger partial charge in [0.05, 0.1) is 10.8 Å². The number of nitro groups is 1. The van der Waals surface area contributed by atoms with Crippen molar-refractivity contribution in [1.82, 2.24) is 4.90 Å². The Morgan fingerprint density at radius 1 is 1.10 bits per heavy atom. The number of carbonyl (C=O) groups is 1. The van der Waals surface area contributed by atoms with E-state index in [9.17, 15) is 19.3 Å². The van der Waals surface area contributed by atoms with Gasteiger partial charge in [-0.2, -0.15) is 0 Å². The van der Waals surface area contributed by atoms with Crippen molar-refractivity contribution in [2.45, 2.75) is 52.9 Å². The molecule has 0 aliphatic carbocycles.